The Morgan fingerprint density at radius 2 is 1.93 bits per heavy atom. The summed E-state index contributed by atoms with van der Waals surface area (Å²) >= 11 is 0. The van der Waals surface area contributed by atoms with Gasteiger partial charge in [0.05, 0.1) is 7.11 Å². The van der Waals surface area contributed by atoms with E-state index in [1.54, 1.807) is 12.1 Å². The molecule has 2 heterocycles. The van der Waals surface area contributed by atoms with Crippen LogP contribution in [0.25, 0.3) is 11.4 Å². The molecule has 0 aliphatic heterocycles. The molecule has 146 valence electrons. The van der Waals surface area contributed by atoms with Crippen LogP contribution in [0.15, 0.2) is 47.1 Å². The average Bonchev–Trinajstić information content (AvgIpc) is 3.18. The zero-order valence-electron chi connectivity index (χ0n) is 14.4. The van der Waals surface area contributed by atoms with Gasteiger partial charge in [-0.25, -0.2) is 9.78 Å². The van der Waals surface area contributed by atoms with Crippen molar-refractivity contribution < 1.29 is 32.0 Å². The zero-order chi connectivity index (χ0) is 20.1. The van der Waals surface area contributed by atoms with Crippen LogP contribution >= 0.6 is 0 Å². The Morgan fingerprint density at radius 3 is 2.50 bits per heavy atom. The molecule has 28 heavy (non-hydrogen) atoms. The van der Waals surface area contributed by atoms with Crippen molar-refractivity contribution in [3.05, 3.63) is 54.0 Å². The molecule has 8 nitrogen and oxygen atoms in total. The third-order valence-electron chi connectivity index (χ3n) is 3.43. The van der Waals surface area contributed by atoms with Crippen LogP contribution < -0.4 is 10.1 Å². The molecule has 11 heteroatoms. The Labute approximate surface area is 156 Å². The maximum atomic E-state index is 12.5. The third-order valence-corrected chi connectivity index (χ3v) is 3.43. The van der Waals surface area contributed by atoms with Crippen LogP contribution in [-0.2, 0) is 17.5 Å². The molecular weight excluding hydrogens is 381 g/mol. The summed E-state index contributed by atoms with van der Waals surface area (Å²) in [6.07, 6.45) is -3.90. The van der Waals surface area contributed by atoms with Crippen molar-refractivity contribution in [3.63, 3.8) is 0 Å². The molecular formula is C17H13F3N4O4. The lowest BCUT2D eigenvalue weighted by molar-refractivity contribution is -0.159. The topological polar surface area (TPSA) is 99.4 Å². The molecule has 1 amide bonds. The number of alkyl halides is 3. The second-order valence-corrected chi connectivity index (χ2v) is 5.41. The van der Waals surface area contributed by atoms with E-state index in [1.807, 2.05) is 0 Å². The van der Waals surface area contributed by atoms with Gasteiger partial charge in [0, 0.05) is 29.1 Å². The van der Waals surface area contributed by atoms with Crippen LogP contribution in [-0.4, -0.2) is 28.3 Å². The minimum absolute atomic E-state index is 0.00396. The number of carbonyl (C=O) groups is 1. The van der Waals surface area contributed by atoms with Crippen molar-refractivity contribution in [1.29, 1.82) is 0 Å². The lowest BCUT2D eigenvalue weighted by atomic mass is 10.2. The van der Waals surface area contributed by atoms with E-state index in [4.69, 9.17) is 9.47 Å². The molecule has 0 fully saturated rings. The quantitative estimate of drug-likeness (QED) is 0.700. The van der Waals surface area contributed by atoms with Gasteiger partial charge in [-0.15, -0.1) is 0 Å². The summed E-state index contributed by atoms with van der Waals surface area (Å²) in [7, 11) is 1.49. The fourth-order valence-corrected chi connectivity index (χ4v) is 2.08. The third kappa shape index (κ3) is 4.75. The largest absolute Gasteiger partial charge is 0.481 e. The average molecular weight is 394 g/mol. The van der Waals surface area contributed by atoms with E-state index >= 15 is 0 Å². The summed E-state index contributed by atoms with van der Waals surface area (Å²) in [6, 6.07) is 9.15. The number of nitrogens with one attached hydrogen (secondary N) is 1. The molecule has 0 atom stereocenters. The fourth-order valence-electron chi connectivity index (χ4n) is 2.08. The first-order valence-corrected chi connectivity index (χ1v) is 7.79. The molecule has 0 aliphatic carbocycles. The van der Waals surface area contributed by atoms with Gasteiger partial charge in [-0.2, -0.15) is 18.2 Å². The first-order chi connectivity index (χ1) is 13.3. The maximum Gasteiger partial charge on any atom is 0.471 e. The van der Waals surface area contributed by atoms with E-state index in [1.165, 1.54) is 37.6 Å². The summed E-state index contributed by atoms with van der Waals surface area (Å²) in [5.41, 5.74) is 1.34. The van der Waals surface area contributed by atoms with Crippen molar-refractivity contribution in [2.45, 2.75) is 12.8 Å². The van der Waals surface area contributed by atoms with Crippen LogP contribution in [0.2, 0.25) is 0 Å². The summed E-state index contributed by atoms with van der Waals surface area (Å²) in [5.74, 6) is -1.20. The summed E-state index contributed by atoms with van der Waals surface area (Å²) < 4.78 is 51.6. The molecule has 0 radical (unpaired) electrons. The predicted molar refractivity (Wildman–Crippen MR) is 89.3 cm³/mol. The number of aromatic nitrogens is 3. The van der Waals surface area contributed by atoms with Crippen LogP contribution in [0.4, 0.5) is 23.7 Å². The number of ether oxygens (including phenoxy) is 2. The SMILES string of the molecule is COc1ccc(COC(=O)Nc2ccc(-c3noc(C(F)(F)F)n3)cc2)cn1. The molecule has 0 unspecified atom stereocenters. The second-order valence-electron chi connectivity index (χ2n) is 5.41. The molecule has 0 saturated carbocycles. The second kappa shape index (κ2) is 7.94. The molecule has 1 aromatic carbocycles. The van der Waals surface area contributed by atoms with Crippen molar-refractivity contribution in [2.75, 3.05) is 12.4 Å². The van der Waals surface area contributed by atoms with Gasteiger partial charge < -0.3 is 14.0 Å². The van der Waals surface area contributed by atoms with Crippen molar-refractivity contribution >= 4 is 11.8 Å². The lowest BCUT2D eigenvalue weighted by Crippen LogP contribution is -2.13. The Morgan fingerprint density at radius 1 is 1.18 bits per heavy atom. The number of halogens is 3. The monoisotopic (exact) mass is 394 g/mol. The van der Waals surface area contributed by atoms with Crippen molar-refractivity contribution in [2.24, 2.45) is 0 Å². The number of nitrogens with zero attached hydrogens (tertiary/aromatic N) is 3. The smallest absolute Gasteiger partial charge is 0.471 e. The van der Waals surface area contributed by atoms with E-state index in [2.05, 4.69) is 25.0 Å². The molecule has 0 spiro atoms. The molecule has 1 N–H and O–H groups in total. The number of pyridine rings is 1. The Bertz CT molecular complexity index is 940. The number of anilines is 1. The van der Waals surface area contributed by atoms with Gasteiger partial charge in [-0.3, -0.25) is 5.32 Å². The van der Waals surface area contributed by atoms with E-state index in [9.17, 15) is 18.0 Å². The zero-order valence-corrected chi connectivity index (χ0v) is 14.4. The van der Waals surface area contributed by atoms with E-state index in [0.29, 0.717) is 22.7 Å². The minimum atomic E-state index is -4.71. The fraction of sp³-hybridized carbons (Fsp3) is 0.176. The van der Waals surface area contributed by atoms with Crippen LogP contribution in [0.5, 0.6) is 5.88 Å². The lowest BCUT2D eigenvalue weighted by Gasteiger charge is -2.07. The van der Waals surface area contributed by atoms with E-state index < -0.39 is 18.2 Å². The predicted octanol–water partition coefficient (Wildman–Crippen LogP) is 3.91. The highest BCUT2D eigenvalue weighted by Crippen LogP contribution is 2.29. The number of amides is 1. The Balaban J connectivity index is 1.56. The molecule has 3 aromatic rings. The first-order valence-electron chi connectivity index (χ1n) is 7.79. The van der Waals surface area contributed by atoms with Gasteiger partial charge in [-0.1, -0.05) is 5.16 Å². The Kier molecular flexibility index (Phi) is 5.43. The molecule has 3 rings (SSSR count). The number of hydrogen-bond donors (Lipinski definition) is 1. The van der Waals surface area contributed by atoms with Gasteiger partial charge in [0.1, 0.15) is 6.61 Å². The molecule has 0 saturated heterocycles. The van der Waals surface area contributed by atoms with Gasteiger partial charge >= 0.3 is 18.2 Å². The highest BCUT2D eigenvalue weighted by molar-refractivity contribution is 5.84. The summed E-state index contributed by atoms with van der Waals surface area (Å²) in [6.45, 7) is 0.00396. The van der Waals surface area contributed by atoms with Gasteiger partial charge in [0.25, 0.3) is 0 Å². The normalized spacial score (nSPS) is 11.1. The van der Waals surface area contributed by atoms with Gasteiger partial charge in [0.15, 0.2) is 0 Å². The number of benzene rings is 1. The first kappa shape index (κ1) is 19.1. The summed E-state index contributed by atoms with van der Waals surface area (Å²) in [5, 5.41) is 5.78. The van der Waals surface area contributed by atoms with Crippen LogP contribution in [0.3, 0.4) is 0 Å². The summed E-state index contributed by atoms with van der Waals surface area (Å²) in [4.78, 5) is 19.1. The van der Waals surface area contributed by atoms with Crippen LogP contribution in [0.1, 0.15) is 11.5 Å². The standard InChI is InChI=1S/C17H13F3N4O4/c1-26-13-7-2-10(8-21-13)9-27-16(25)22-12-5-3-11(4-6-12)14-23-15(28-24-14)17(18,19)20/h2-8H,9H2,1H3,(H,22,25). The van der Waals surface area contributed by atoms with E-state index in [0.717, 1.165) is 0 Å². The number of hydrogen-bond acceptors (Lipinski definition) is 7. The molecule has 2 aromatic heterocycles. The van der Waals surface area contributed by atoms with Crippen molar-refractivity contribution in [1.82, 2.24) is 15.1 Å². The number of carbonyl (C=O) groups excluding carboxylic acids is 1. The van der Waals surface area contributed by atoms with Crippen molar-refractivity contribution in [3.8, 4) is 17.3 Å². The van der Waals surface area contributed by atoms with Crippen LogP contribution in [0, 0.1) is 0 Å². The highest BCUT2D eigenvalue weighted by Gasteiger charge is 2.38. The van der Waals surface area contributed by atoms with Gasteiger partial charge in [0.2, 0.25) is 11.7 Å². The molecule has 0 aliphatic rings. The number of methoxy groups -OCH3 is 1. The molecule has 0 bridgehead atoms. The minimum Gasteiger partial charge on any atom is -0.481 e. The number of rotatable bonds is 5. The Hall–Kier alpha value is -3.63. The highest BCUT2D eigenvalue weighted by atomic mass is 19.4. The van der Waals surface area contributed by atoms with E-state index in [-0.39, 0.29) is 12.4 Å². The van der Waals surface area contributed by atoms with Gasteiger partial charge in [-0.05, 0) is 30.3 Å². The maximum absolute atomic E-state index is 12.5.